The molecule has 0 aliphatic carbocycles. The van der Waals surface area contributed by atoms with Crippen molar-refractivity contribution in [2.75, 3.05) is 25.0 Å². The second-order valence-corrected chi connectivity index (χ2v) is 8.30. The van der Waals surface area contributed by atoms with Gasteiger partial charge in [0, 0.05) is 43.4 Å². The zero-order valence-corrected chi connectivity index (χ0v) is 16.3. The third-order valence-corrected chi connectivity index (χ3v) is 5.95. The fourth-order valence-corrected chi connectivity index (χ4v) is 4.13. The summed E-state index contributed by atoms with van der Waals surface area (Å²) >= 11 is 0. The minimum atomic E-state index is 0.214. The molecule has 5 heterocycles. The first-order valence-corrected chi connectivity index (χ1v) is 9.99. The van der Waals surface area contributed by atoms with Crippen molar-refractivity contribution in [3.05, 3.63) is 36.7 Å². The van der Waals surface area contributed by atoms with Crippen molar-refractivity contribution < 1.29 is 0 Å². The van der Waals surface area contributed by atoms with Gasteiger partial charge in [0.05, 0.1) is 24.1 Å². The van der Waals surface area contributed by atoms with Crippen LogP contribution in [0.25, 0.3) is 11.0 Å². The van der Waals surface area contributed by atoms with Gasteiger partial charge in [0.2, 0.25) is 0 Å². The molecular formula is C20H26N8. The Hall–Kier alpha value is -2.58. The predicted molar refractivity (Wildman–Crippen MR) is 109 cm³/mol. The molecule has 0 bridgehead atoms. The van der Waals surface area contributed by atoms with E-state index in [2.05, 4.69) is 49.3 Å². The van der Waals surface area contributed by atoms with Gasteiger partial charge in [0.1, 0.15) is 23.0 Å². The molecule has 1 atom stereocenters. The van der Waals surface area contributed by atoms with E-state index in [1.54, 1.807) is 6.20 Å². The maximum absolute atomic E-state index is 4.75. The van der Waals surface area contributed by atoms with Crippen molar-refractivity contribution in [3.8, 4) is 0 Å². The number of piperidine rings is 1. The molecule has 2 aliphatic heterocycles. The van der Waals surface area contributed by atoms with Crippen molar-refractivity contribution in [2.24, 2.45) is 5.41 Å². The maximum atomic E-state index is 4.75. The lowest BCUT2D eigenvalue weighted by Gasteiger charge is -2.47. The Morgan fingerprint density at radius 2 is 2.07 bits per heavy atom. The summed E-state index contributed by atoms with van der Waals surface area (Å²) in [6, 6.07) is 4.47. The number of hydrogen-bond acceptors (Lipinski definition) is 7. The van der Waals surface area contributed by atoms with E-state index in [0.717, 1.165) is 54.5 Å². The first-order chi connectivity index (χ1) is 13.6. The molecular weight excluding hydrogens is 352 g/mol. The van der Waals surface area contributed by atoms with Crippen LogP contribution in [0.2, 0.25) is 0 Å². The van der Waals surface area contributed by atoms with E-state index >= 15 is 0 Å². The summed E-state index contributed by atoms with van der Waals surface area (Å²) in [6.45, 7) is 7.56. The Balaban J connectivity index is 1.34. The minimum Gasteiger partial charge on any atom is -0.328 e. The number of anilines is 2. The van der Waals surface area contributed by atoms with Gasteiger partial charge in [0.15, 0.2) is 0 Å². The summed E-state index contributed by atoms with van der Waals surface area (Å²) in [5.41, 5.74) is 2.41. The number of fused-ring (bicyclic) bond motifs is 1. The van der Waals surface area contributed by atoms with Gasteiger partial charge in [-0.15, -0.1) is 0 Å². The third-order valence-electron chi connectivity index (χ3n) is 5.95. The van der Waals surface area contributed by atoms with Crippen LogP contribution in [0.4, 0.5) is 11.6 Å². The van der Waals surface area contributed by atoms with Crippen molar-refractivity contribution in [1.29, 1.82) is 0 Å². The number of rotatable bonds is 4. The summed E-state index contributed by atoms with van der Waals surface area (Å²) in [5, 5.41) is 10.4. The standard InChI is InChI=1S/C20H26N8/c1-13(2)28-12-25-15-8-23-18(7-16(15)28)26-17-4-6-22-19(27-17)14-3-5-20(11-24-14)9-21-10-20/h4,6-8,12-14,21,24H,3,5,9-11H2,1-2H3,(H,22,23,26,27). The summed E-state index contributed by atoms with van der Waals surface area (Å²) in [6.07, 6.45) is 7.77. The number of imidazole rings is 1. The highest BCUT2D eigenvalue weighted by Gasteiger charge is 2.40. The van der Waals surface area contributed by atoms with Crippen molar-refractivity contribution in [1.82, 2.24) is 35.1 Å². The van der Waals surface area contributed by atoms with E-state index in [1.807, 2.05) is 24.7 Å². The molecule has 0 aromatic carbocycles. The second kappa shape index (κ2) is 6.79. The van der Waals surface area contributed by atoms with Crippen LogP contribution in [0.1, 0.15) is 44.6 Å². The molecule has 0 radical (unpaired) electrons. The lowest BCUT2D eigenvalue weighted by atomic mass is 9.74. The zero-order valence-electron chi connectivity index (χ0n) is 16.3. The summed E-state index contributed by atoms with van der Waals surface area (Å²) in [5.74, 6) is 2.37. The Labute approximate surface area is 164 Å². The molecule has 1 unspecified atom stereocenters. The monoisotopic (exact) mass is 378 g/mol. The van der Waals surface area contributed by atoms with Crippen LogP contribution in [0.3, 0.4) is 0 Å². The predicted octanol–water partition coefficient (Wildman–Crippen LogP) is 2.56. The number of nitrogens with zero attached hydrogens (tertiary/aromatic N) is 5. The van der Waals surface area contributed by atoms with E-state index in [-0.39, 0.29) is 6.04 Å². The first kappa shape index (κ1) is 17.5. The Kier molecular flexibility index (Phi) is 4.25. The number of nitrogens with one attached hydrogen (secondary N) is 3. The SMILES string of the molecule is CC(C)n1cnc2cnc(Nc3ccnc(C4CCC5(CNC5)CN4)n3)cc21. The summed E-state index contributed by atoms with van der Waals surface area (Å²) in [4.78, 5) is 18.2. The van der Waals surface area contributed by atoms with Gasteiger partial charge in [-0.05, 0) is 32.8 Å². The normalized spacial score (nSPS) is 21.2. The van der Waals surface area contributed by atoms with Crippen LogP contribution < -0.4 is 16.0 Å². The molecule has 2 aliphatic rings. The number of hydrogen-bond donors (Lipinski definition) is 3. The van der Waals surface area contributed by atoms with Gasteiger partial charge in [-0.1, -0.05) is 0 Å². The summed E-state index contributed by atoms with van der Waals surface area (Å²) < 4.78 is 2.14. The molecule has 3 aromatic rings. The molecule has 8 heteroatoms. The second-order valence-electron chi connectivity index (χ2n) is 8.30. The Morgan fingerprint density at radius 1 is 1.18 bits per heavy atom. The van der Waals surface area contributed by atoms with Crippen molar-refractivity contribution >= 4 is 22.7 Å². The van der Waals surface area contributed by atoms with E-state index < -0.39 is 0 Å². The van der Waals surface area contributed by atoms with Crippen LogP contribution in [0, 0.1) is 5.41 Å². The molecule has 0 amide bonds. The molecule has 1 spiro atoms. The molecule has 3 aromatic heterocycles. The summed E-state index contributed by atoms with van der Waals surface area (Å²) in [7, 11) is 0. The average Bonchev–Trinajstić information content (AvgIpc) is 3.11. The molecule has 3 N–H and O–H groups in total. The van der Waals surface area contributed by atoms with E-state index in [0.29, 0.717) is 11.5 Å². The van der Waals surface area contributed by atoms with Crippen LogP contribution in [-0.4, -0.2) is 44.1 Å². The number of aromatic nitrogens is 5. The smallest absolute Gasteiger partial charge is 0.147 e. The van der Waals surface area contributed by atoms with Gasteiger partial charge in [-0.2, -0.15) is 0 Å². The highest BCUT2D eigenvalue weighted by atomic mass is 15.1. The largest absolute Gasteiger partial charge is 0.328 e. The average molecular weight is 378 g/mol. The minimum absolute atomic E-state index is 0.214. The number of pyridine rings is 1. The van der Waals surface area contributed by atoms with Crippen LogP contribution in [0.15, 0.2) is 30.9 Å². The topological polar surface area (TPSA) is 92.6 Å². The lowest BCUT2D eigenvalue weighted by Crippen LogP contribution is -2.60. The molecule has 2 saturated heterocycles. The van der Waals surface area contributed by atoms with Gasteiger partial charge in [-0.25, -0.2) is 19.9 Å². The van der Waals surface area contributed by atoms with Crippen LogP contribution in [0.5, 0.6) is 0 Å². The van der Waals surface area contributed by atoms with E-state index in [9.17, 15) is 0 Å². The third kappa shape index (κ3) is 3.12. The van der Waals surface area contributed by atoms with Crippen LogP contribution in [-0.2, 0) is 0 Å². The molecule has 5 rings (SSSR count). The van der Waals surface area contributed by atoms with Gasteiger partial charge < -0.3 is 20.5 Å². The highest BCUT2D eigenvalue weighted by molar-refractivity contribution is 5.78. The van der Waals surface area contributed by atoms with Gasteiger partial charge in [-0.3, -0.25) is 0 Å². The van der Waals surface area contributed by atoms with E-state index in [1.165, 1.54) is 6.42 Å². The zero-order chi connectivity index (χ0) is 19.1. The first-order valence-electron chi connectivity index (χ1n) is 9.99. The Morgan fingerprint density at radius 3 is 2.79 bits per heavy atom. The maximum Gasteiger partial charge on any atom is 0.147 e. The molecule has 2 fully saturated rings. The van der Waals surface area contributed by atoms with E-state index in [4.69, 9.17) is 4.98 Å². The van der Waals surface area contributed by atoms with Gasteiger partial charge >= 0.3 is 0 Å². The molecule has 0 saturated carbocycles. The lowest BCUT2D eigenvalue weighted by molar-refractivity contribution is 0.102. The molecule has 28 heavy (non-hydrogen) atoms. The van der Waals surface area contributed by atoms with Gasteiger partial charge in [0.25, 0.3) is 0 Å². The fourth-order valence-electron chi connectivity index (χ4n) is 4.13. The Bertz CT molecular complexity index is 981. The molecule has 8 nitrogen and oxygen atoms in total. The van der Waals surface area contributed by atoms with Crippen LogP contribution >= 0.6 is 0 Å². The fraction of sp³-hybridized carbons (Fsp3) is 0.500. The highest BCUT2D eigenvalue weighted by Crippen LogP contribution is 2.35. The van der Waals surface area contributed by atoms with Crippen molar-refractivity contribution in [2.45, 2.75) is 38.8 Å². The van der Waals surface area contributed by atoms with Crippen molar-refractivity contribution in [3.63, 3.8) is 0 Å². The molecule has 146 valence electrons. The quantitative estimate of drug-likeness (QED) is 0.642.